The van der Waals surface area contributed by atoms with Gasteiger partial charge in [0.25, 0.3) is 0 Å². The van der Waals surface area contributed by atoms with Gasteiger partial charge in [-0.25, -0.2) is 0 Å². The summed E-state index contributed by atoms with van der Waals surface area (Å²) in [5, 5.41) is 0.946. The largest absolute Gasteiger partial charge is 1.00 e. The zero-order valence-corrected chi connectivity index (χ0v) is 18.9. The van der Waals surface area contributed by atoms with Crippen molar-refractivity contribution in [2.24, 2.45) is 0 Å². The molecule has 0 heterocycles. The zero-order chi connectivity index (χ0) is 19.6. The van der Waals surface area contributed by atoms with Crippen molar-refractivity contribution in [2.45, 2.75) is 53.4 Å². The average molecular weight is 394 g/mol. The Balaban J connectivity index is 0.00000392. The van der Waals surface area contributed by atoms with E-state index in [0.29, 0.717) is 13.2 Å². The van der Waals surface area contributed by atoms with Crippen LogP contribution in [0.25, 0.3) is 0 Å². The van der Waals surface area contributed by atoms with Crippen LogP contribution in [0, 0.1) is 13.8 Å². The molecule has 2 aromatic carbocycles. The van der Waals surface area contributed by atoms with Gasteiger partial charge in [0.05, 0.1) is 13.2 Å². The van der Waals surface area contributed by atoms with Gasteiger partial charge in [0, 0.05) is 16.9 Å². The molecule has 0 N–H and O–H groups in total. The Kier molecular flexibility index (Phi) is 11.5. The second kappa shape index (κ2) is 13.1. The van der Waals surface area contributed by atoms with Crippen LogP contribution in [0.2, 0.25) is 0 Å². The van der Waals surface area contributed by atoms with Gasteiger partial charge >= 0.3 is 18.9 Å². The quantitative estimate of drug-likeness (QED) is 0.334. The smallest absolute Gasteiger partial charge is 1.00 e. The first-order chi connectivity index (χ1) is 13.1. The van der Waals surface area contributed by atoms with Crippen molar-refractivity contribution in [1.82, 2.24) is 0 Å². The number of aryl methyl sites for hydroxylation is 2. The first-order valence-electron chi connectivity index (χ1n) is 9.84. The molecule has 0 radical (unpaired) electrons. The van der Waals surface area contributed by atoms with E-state index >= 15 is 0 Å². The summed E-state index contributed by atoms with van der Waals surface area (Å²) in [5.74, 6) is 1.58. The maximum atomic E-state index is 13.0. The van der Waals surface area contributed by atoms with Crippen LogP contribution in [-0.4, -0.2) is 18.7 Å². The number of hydrogen-bond donors (Lipinski definition) is 0. The summed E-state index contributed by atoms with van der Waals surface area (Å²) in [4.78, 5) is 13.0. The van der Waals surface area contributed by atoms with Gasteiger partial charge in [0.2, 0.25) is 0 Å². The molecule has 5 heteroatoms. The van der Waals surface area contributed by atoms with Gasteiger partial charge < -0.3 is 10.9 Å². The summed E-state index contributed by atoms with van der Waals surface area (Å²) in [6, 6.07) is 11.8. The normalized spacial score (nSPS) is 10.7. The Morgan fingerprint density at radius 3 is 2.18 bits per heavy atom. The Hall–Kier alpha value is -1.26. The van der Waals surface area contributed by atoms with Gasteiger partial charge in [-0.1, -0.05) is 44.9 Å². The minimum Gasteiger partial charge on any atom is -1.00 e. The van der Waals surface area contributed by atoms with E-state index in [-0.39, 0.29) is 34.4 Å². The van der Waals surface area contributed by atoms with E-state index < -0.39 is 0 Å². The van der Waals surface area contributed by atoms with E-state index in [1.54, 1.807) is 0 Å². The van der Waals surface area contributed by atoms with Crippen LogP contribution >= 0.6 is 8.58 Å². The molecule has 28 heavy (non-hydrogen) atoms. The predicted octanol–water partition coefficient (Wildman–Crippen LogP) is 2.92. The fraction of sp³-hybridized carbons (Fsp3) is 0.435. The van der Waals surface area contributed by atoms with Crippen molar-refractivity contribution in [3.63, 3.8) is 0 Å². The molecule has 0 bridgehead atoms. The van der Waals surface area contributed by atoms with Crippen molar-refractivity contribution >= 4 is 19.4 Å². The van der Waals surface area contributed by atoms with Gasteiger partial charge in [0.15, 0.2) is 5.52 Å². The minimum absolute atomic E-state index is 0. The van der Waals surface area contributed by atoms with Gasteiger partial charge in [-0.05, 0) is 58.5 Å². The maximum absolute atomic E-state index is 13.0. The summed E-state index contributed by atoms with van der Waals surface area (Å²) >= 11 is 0. The number of unbranched alkanes of at least 4 members (excludes halogenated alkanes) is 2. The number of rotatable bonds is 11. The molecular weight excluding hydrogens is 362 g/mol. The maximum Gasteiger partial charge on any atom is 1.00 e. The number of hydrogen-bond acceptors (Lipinski definition) is 3. The van der Waals surface area contributed by atoms with E-state index in [2.05, 4.69) is 13.8 Å². The van der Waals surface area contributed by atoms with E-state index in [9.17, 15) is 4.79 Å². The zero-order valence-electron chi connectivity index (χ0n) is 18.9. The third kappa shape index (κ3) is 7.29. The molecule has 0 aliphatic rings. The number of benzene rings is 2. The summed E-state index contributed by atoms with van der Waals surface area (Å²) < 4.78 is 11.8. The van der Waals surface area contributed by atoms with Crippen LogP contribution in [-0.2, 0) is 0 Å². The van der Waals surface area contributed by atoms with Crippen LogP contribution in [0.3, 0.4) is 0 Å². The van der Waals surface area contributed by atoms with Crippen LogP contribution in [0.15, 0.2) is 36.4 Å². The Morgan fingerprint density at radius 1 is 0.964 bits per heavy atom. The Bertz CT molecular complexity index is 748. The first kappa shape index (κ1) is 24.8. The van der Waals surface area contributed by atoms with Crippen LogP contribution in [0.5, 0.6) is 11.5 Å². The molecule has 0 saturated heterocycles. The number of carbonyl (C=O) groups is 1. The fourth-order valence-corrected chi connectivity index (χ4v) is 4.03. The predicted molar refractivity (Wildman–Crippen MR) is 117 cm³/mol. The van der Waals surface area contributed by atoms with E-state index in [0.717, 1.165) is 59.2 Å². The molecule has 1 unspecified atom stereocenters. The topological polar surface area (TPSA) is 35.5 Å². The molecule has 0 aliphatic heterocycles. The summed E-state index contributed by atoms with van der Waals surface area (Å²) in [7, 11) is 0.0385. The van der Waals surface area contributed by atoms with Crippen LogP contribution < -0.4 is 33.6 Å². The molecule has 0 fully saturated rings. The molecule has 2 aromatic rings. The SMILES string of the molecule is CCCCOc1ccc(PC(=O)c2c(C)cccc2C)c(OCCCC)c1.[H-].[Li+]. The molecular formula is C23H32LiO3P. The Labute approximate surface area is 185 Å². The van der Waals surface area contributed by atoms with Gasteiger partial charge in [0.1, 0.15) is 11.5 Å². The Morgan fingerprint density at radius 2 is 1.57 bits per heavy atom. The molecule has 3 nitrogen and oxygen atoms in total. The van der Waals surface area contributed by atoms with Crippen molar-refractivity contribution in [3.05, 3.63) is 53.1 Å². The fourth-order valence-electron chi connectivity index (χ4n) is 2.83. The van der Waals surface area contributed by atoms with Crippen molar-refractivity contribution in [3.8, 4) is 11.5 Å². The second-order valence-corrected chi connectivity index (χ2v) is 8.03. The summed E-state index contributed by atoms with van der Waals surface area (Å²) in [6.45, 7) is 9.63. The second-order valence-electron chi connectivity index (χ2n) is 6.78. The van der Waals surface area contributed by atoms with Crippen molar-refractivity contribution < 1.29 is 34.6 Å². The van der Waals surface area contributed by atoms with Crippen LogP contribution in [0.1, 0.15) is 62.4 Å². The van der Waals surface area contributed by atoms with Gasteiger partial charge in [-0.3, -0.25) is 4.79 Å². The number of ether oxygens (including phenoxy) is 2. The van der Waals surface area contributed by atoms with Crippen molar-refractivity contribution in [2.75, 3.05) is 13.2 Å². The molecule has 2 rings (SSSR count). The summed E-state index contributed by atoms with van der Waals surface area (Å²) in [6.07, 6.45) is 4.20. The third-order valence-electron chi connectivity index (χ3n) is 4.43. The standard InChI is InChI=1S/C23H31O3P.Li.H/c1-5-7-14-25-19-12-13-21(20(16-19)26-15-8-6-2)27-23(24)22-17(3)10-9-11-18(22)4;;/h9-13,16,27H,5-8,14-15H2,1-4H3;;/q;+1;-1. The molecule has 0 aliphatic carbocycles. The summed E-state index contributed by atoms with van der Waals surface area (Å²) in [5.41, 5.74) is 3.05. The minimum atomic E-state index is 0. The monoisotopic (exact) mass is 394 g/mol. The molecule has 0 saturated carbocycles. The average Bonchev–Trinajstić information content (AvgIpc) is 2.64. The molecule has 0 spiro atoms. The van der Waals surface area contributed by atoms with E-state index in [1.165, 1.54) is 0 Å². The van der Waals surface area contributed by atoms with Crippen LogP contribution in [0.4, 0.5) is 0 Å². The first-order valence-corrected chi connectivity index (χ1v) is 10.8. The number of carbonyl (C=O) groups excluding carboxylic acids is 1. The van der Waals surface area contributed by atoms with E-state index in [4.69, 9.17) is 9.47 Å². The third-order valence-corrected chi connectivity index (χ3v) is 5.59. The van der Waals surface area contributed by atoms with Gasteiger partial charge in [-0.15, -0.1) is 0 Å². The molecule has 0 aromatic heterocycles. The molecule has 148 valence electrons. The van der Waals surface area contributed by atoms with Gasteiger partial charge in [-0.2, -0.15) is 0 Å². The molecule has 0 amide bonds. The van der Waals surface area contributed by atoms with E-state index in [1.807, 2.05) is 50.2 Å². The van der Waals surface area contributed by atoms with Crippen molar-refractivity contribution in [1.29, 1.82) is 0 Å². The molecule has 1 atom stereocenters.